The van der Waals surface area contributed by atoms with Gasteiger partial charge >= 0.3 is 0 Å². The third-order valence-electron chi connectivity index (χ3n) is 9.02. The zero-order valence-electron chi connectivity index (χ0n) is 15.8. The number of aliphatic hydroxyl groups excluding tert-OH is 1. The molecule has 0 amide bonds. The van der Waals surface area contributed by atoms with Crippen LogP contribution < -0.4 is 0 Å². The number of rotatable bonds is 2. The van der Waals surface area contributed by atoms with E-state index in [0.29, 0.717) is 11.8 Å². The van der Waals surface area contributed by atoms with E-state index < -0.39 is 5.60 Å². The molecule has 8 atom stereocenters. The van der Waals surface area contributed by atoms with Gasteiger partial charge in [-0.2, -0.15) is 0 Å². The van der Waals surface area contributed by atoms with Gasteiger partial charge in [0, 0.05) is 7.11 Å². The van der Waals surface area contributed by atoms with Crippen LogP contribution in [0.4, 0.5) is 0 Å². The van der Waals surface area contributed by atoms with E-state index in [2.05, 4.69) is 6.92 Å². The Balaban J connectivity index is 1.65. The highest BCUT2D eigenvalue weighted by molar-refractivity contribution is 5.11. The summed E-state index contributed by atoms with van der Waals surface area (Å²) in [5.74, 6) is 2.80. The van der Waals surface area contributed by atoms with Crippen molar-refractivity contribution in [3.8, 4) is 0 Å². The SMILES string of the molecule is COC[C@]12CC[C@@](C)(O)C[C@H]1CC[C@H]1[C@@H]3CC[C@H](O)[C@@]3(C)CC[C@@H]12. The molecule has 0 aromatic heterocycles. The van der Waals surface area contributed by atoms with Gasteiger partial charge in [0.15, 0.2) is 0 Å². The van der Waals surface area contributed by atoms with Crippen molar-refractivity contribution in [1.29, 1.82) is 0 Å². The van der Waals surface area contributed by atoms with Gasteiger partial charge in [-0.3, -0.25) is 0 Å². The van der Waals surface area contributed by atoms with Gasteiger partial charge in [-0.1, -0.05) is 6.92 Å². The molecule has 24 heavy (non-hydrogen) atoms. The molecule has 0 radical (unpaired) electrons. The van der Waals surface area contributed by atoms with E-state index in [9.17, 15) is 10.2 Å². The summed E-state index contributed by atoms with van der Waals surface area (Å²) in [6.07, 6.45) is 10.1. The average Bonchev–Trinajstić information content (AvgIpc) is 2.83. The first-order chi connectivity index (χ1) is 11.3. The third kappa shape index (κ3) is 2.34. The van der Waals surface area contributed by atoms with Crippen LogP contribution in [0.2, 0.25) is 0 Å². The largest absolute Gasteiger partial charge is 0.393 e. The fourth-order valence-corrected chi connectivity index (χ4v) is 7.76. The molecule has 3 heteroatoms. The van der Waals surface area contributed by atoms with Gasteiger partial charge in [-0.25, -0.2) is 0 Å². The van der Waals surface area contributed by atoms with Crippen molar-refractivity contribution >= 4 is 0 Å². The summed E-state index contributed by atoms with van der Waals surface area (Å²) in [5, 5.41) is 21.2. The van der Waals surface area contributed by atoms with Crippen LogP contribution in [-0.2, 0) is 4.74 Å². The third-order valence-corrected chi connectivity index (χ3v) is 9.02. The van der Waals surface area contributed by atoms with Crippen LogP contribution in [0.1, 0.15) is 71.6 Å². The van der Waals surface area contributed by atoms with Crippen molar-refractivity contribution in [2.24, 2.45) is 34.5 Å². The lowest BCUT2D eigenvalue weighted by molar-refractivity contribution is -0.177. The lowest BCUT2D eigenvalue weighted by Gasteiger charge is -2.62. The van der Waals surface area contributed by atoms with Gasteiger partial charge in [0.1, 0.15) is 0 Å². The lowest BCUT2D eigenvalue weighted by Crippen LogP contribution is -2.58. The second-order valence-electron chi connectivity index (χ2n) is 10.2. The molecule has 0 aromatic carbocycles. The maximum Gasteiger partial charge on any atom is 0.0622 e. The smallest absolute Gasteiger partial charge is 0.0622 e. The van der Waals surface area contributed by atoms with Crippen LogP contribution >= 0.6 is 0 Å². The van der Waals surface area contributed by atoms with Gasteiger partial charge in [-0.05, 0) is 99.2 Å². The Kier molecular flexibility index (Phi) is 4.10. The summed E-state index contributed by atoms with van der Waals surface area (Å²) in [7, 11) is 1.86. The number of hydrogen-bond acceptors (Lipinski definition) is 3. The van der Waals surface area contributed by atoms with Crippen molar-refractivity contribution < 1.29 is 14.9 Å². The van der Waals surface area contributed by atoms with E-state index in [1.165, 1.54) is 32.1 Å². The maximum atomic E-state index is 10.6. The highest BCUT2D eigenvalue weighted by Gasteiger charge is 2.62. The molecular formula is C21H36O3. The number of fused-ring (bicyclic) bond motifs is 5. The number of methoxy groups -OCH3 is 1. The second kappa shape index (κ2) is 5.69. The Morgan fingerprint density at radius 3 is 2.50 bits per heavy atom. The van der Waals surface area contributed by atoms with Crippen molar-refractivity contribution in [2.75, 3.05) is 13.7 Å². The summed E-state index contributed by atoms with van der Waals surface area (Å²) in [6, 6.07) is 0. The Labute approximate surface area is 147 Å². The van der Waals surface area contributed by atoms with Crippen molar-refractivity contribution in [3.05, 3.63) is 0 Å². The Bertz CT molecular complexity index is 489. The molecule has 0 unspecified atom stereocenters. The summed E-state index contributed by atoms with van der Waals surface area (Å²) in [5.41, 5.74) is -0.0569. The number of aliphatic hydroxyl groups is 2. The van der Waals surface area contributed by atoms with Crippen LogP contribution in [0.3, 0.4) is 0 Å². The van der Waals surface area contributed by atoms with Crippen molar-refractivity contribution in [3.63, 3.8) is 0 Å². The first kappa shape index (κ1) is 17.3. The molecule has 0 bridgehead atoms. The van der Waals surface area contributed by atoms with Crippen LogP contribution in [0.15, 0.2) is 0 Å². The molecule has 0 aromatic rings. The standard InChI is InChI=1S/C21H36O3/c1-19(23)10-11-21(13-24-3)14(12-19)4-5-15-16-6-7-18(22)20(16,2)9-8-17(15)21/h14-18,22-23H,4-13H2,1-3H3/t14-,15+,16+,17+,18+,19-,20+,21-/m1/s1. The normalized spacial score (nSPS) is 57.1. The van der Waals surface area contributed by atoms with Gasteiger partial charge < -0.3 is 14.9 Å². The molecular weight excluding hydrogens is 300 g/mol. The van der Waals surface area contributed by atoms with Crippen LogP contribution in [0, 0.1) is 34.5 Å². The zero-order valence-corrected chi connectivity index (χ0v) is 15.8. The Morgan fingerprint density at radius 1 is 0.958 bits per heavy atom. The highest BCUT2D eigenvalue weighted by Crippen LogP contribution is 2.66. The van der Waals surface area contributed by atoms with E-state index in [1.54, 1.807) is 0 Å². The summed E-state index contributed by atoms with van der Waals surface area (Å²) in [4.78, 5) is 0. The molecule has 0 aliphatic heterocycles. The quantitative estimate of drug-likeness (QED) is 0.807. The fourth-order valence-electron chi connectivity index (χ4n) is 7.76. The Morgan fingerprint density at radius 2 is 1.75 bits per heavy atom. The first-order valence-corrected chi connectivity index (χ1v) is 10.2. The molecule has 4 fully saturated rings. The summed E-state index contributed by atoms with van der Waals surface area (Å²) >= 11 is 0. The molecule has 2 N–H and O–H groups in total. The molecule has 4 aliphatic rings. The van der Waals surface area contributed by atoms with Crippen LogP contribution in [-0.4, -0.2) is 35.6 Å². The van der Waals surface area contributed by atoms with Crippen molar-refractivity contribution in [1.82, 2.24) is 0 Å². The van der Waals surface area contributed by atoms with E-state index >= 15 is 0 Å². The van der Waals surface area contributed by atoms with Crippen LogP contribution in [0.5, 0.6) is 0 Å². The average molecular weight is 337 g/mol. The topological polar surface area (TPSA) is 49.7 Å². The first-order valence-electron chi connectivity index (χ1n) is 10.2. The van der Waals surface area contributed by atoms with E-state index in [1.807, 2.05) is 14.0 Å². The summed E-state index contributed by atoms with van der Waals surface area (Å²) < 4.78 is 5.79. The monoisotopic (exact) mass is 336 g/mol. The minimum atomic E-state index is -0.485. The second-order valence-corrected chi connectivity index (χ2v) is 10.2. The van der Waals surface area contributed by atoms with Gasteiger partial charge in [0.05, 0.1) is 18.3 Å². The molecule has 0 heterocycles. The predicted molar refractivity (Wildman–Crippen MR) is 94.6 cm³/mol. The van der Waals surface area contributed by atoms with E-state index in [0.717, 1.165) is 44.1 Å². The minimum Gasteiger partial charge on any atom is -0.393 e. The maximum absolute atomic E-state index is 10.6. The van der Waals surface area contributed by atoms with E-state index in [4.69, 9.17) is 4.74 Å². The van der Waals surface area contributed by atoms with Crippen LogP contribution in [0.25, 0.3) is 0 Å². The molecule has 4 rings (SSSR count). The molecule has 3 nitrogen and oxygen atoms in total. The van der Waals surface area contributed by atoms with Crippen molar-refractivity contribution in [2.45, 2.75) is 83.3 Å². The minimum absolute atomic E-state index is 0.0911. The lowest BCUT2D eigenvalue weighted by atomic mass is 9.44. The number of ether oxygens (including phenoxy) is 1. The molecule has 0 saturated heterocycles. The summed E-state index contributed by atoms with van der Waals surface area (Å²) in [6.45, 7) is 5.24. The van der Waals surface area contributed by atoms with Gasteiger partial charge in [-0.15, -0.1) is 0 Å². The van der Waals surface area contributed by atoms with Gasteiger partial charge in [0.25, 0.3) is 0 Å². The van der Waals surface area contributed by atoms with E-state index in [-0.39, 0.29) is 16.9 Å². The molecule has 4 aliphatic carbocycles. The van der Waals surface area contributed by atoms with Gasteiger partial charge in [0.2, 0.25) is 0 Å². The molecule has 138 valence electrons. The Hall–Kier alpha value is -0.120. The zero-order chi connectivity index (χ0) is 17.2. The fraction of sp³-hybridized carbons (Fsp3) is 1.00. The predicted octanol–water partition coefficient (Wildman–Crippen LogP) is 3.77. The highest BCUT2D eigenvalue weighted by atomic mass is 16.5. The molecule has 0 spiro atoms. The number of hydrogen-bond donors (Lipinski definition) is 2. The molecule has 4 saturated carbocycles.